The van der Waals surface area contributed by atoms with Gasteiger partial charge in [0.25, 0.3) is 0 Å². The van der Waals surface area contributed by atoms with Crippen LogP contribution in [0.5, 0.6) is 0 Å². The van der Waals surface area contributed by atoms with Crippen molar-refractivity contribution in [2.24, 2.45) is 0 Å². The summed E-state index contributed by atoms with van der Waals surface area (Å²) in [6.07, 6.45) is -1.75. The van der Waals surface area contributed by atoms with E-state index in [1.807, 2.05) is 0 Å². The standard InChI is InChI=1S/C9H5BrF3N3/c10-7-3-5-16(15-7)8-6(9(11,12)13)2-1-4-14-8/h1-5H. The first-order valence-electron chi connectivity index (χ1n) is 4.22. The lowest BCUT2D eigenvalue weighted by Gasteiger charge is -2.10. The highest BCUT2D eigenvalue weighted by molar-refractivity contribution is 9.10. The van der Waals surface area contributed by atoms with Crippen LogP contribution in [0.25, 0.3) is 5.82 Å². The van der Waals surface area contributed by atoms with Gasteiger partial charge in [0.2, 0.25) is 0 Å². The molecule has 0 aliphatic carbocycles. The van der Waals surface area contributed by atoms with Crippen LogP contribution in [-0.2, 0) is 6.18 Å². The number of alkyl halides is 3. The highest BCUT2D eigenvalue weighted by Crippen LogP contribution is 2.32. The Morgan fingerprint density at radius 2 is 2.00 bits per heavy atom. The Kier molecular flexibility index (Phi) is 2.71. The summed E-state index contributed by atoms with van der Waals surface area (Å²) < 4.78 is 39.5. The first-order chi connectivity index (χ1) is 7.48. The monoisotopic (exact) mass is 291 g/mol. The van der Waals surface area contributed by atoms with E-state index in [4.69, 9.17) is 0 Å². The van der Waals surface area contributed by atoms with Gasteiger partial charge in [0.1, 0.15) is 10.2 Å². The minimum atomic E-state index is -4.44. The second-order valence-corrected chi connectivity index (χ2v) is 3.77. The molecule has 3 nitrogen and oxygen atoms in total. The molecule has 0 atom stereocenters. The zero-order chi connectivity index (χ0) is 11.8. The van der Waals surface area contributed by atoms with Crippen molar-refractivity contribution < 1.29 is 13.2 Å². The van der Waals surface area contributed by atoms with Crippen LogP contribution < -0.4 is 0 Å². The van der Waals surface area contributed by atoms with E-state index in [0.717, 1.165) is 10.7 Å². The van der Waals surface area contributed by atoms with Gasteiger partial charge in [0.05, 0.1) is 0 Å². The van der Waals surface area contributed by atoms with Crippen molar-refractivity contribution in [2.45, 2.75) is 6.18 Å². The second-order valence-electron chi connectivity index (χ2n) is 2.96. The van der Waals surface area contributed by atoms with Gasteiger partial charge in [0.15, 0.2) is 5.82 Å². The van der Waals surface area contributed by atoms with E-state index < -0.39 is 11.7 Å². The highest BCUT2D eigenvalue weighted by atomic mass is 79.9. The molecule has 0 amide bonds. The maximum absolute atomic E-state index is 12.6. The average molecular weight is 292 g/mol. The lowest BCUT2D eigenvalue weighted by Crippen LogP contribution is -2.12. The number of hydrogen-bond acceptors (Lipinski definition) is 2. The molecule has 16 heavy (non-hydrogen) atoms. The molecule has 0 saturated carbocycles. The number of hydrogen-bond donors (Lipinski definition) is 0. The third-order valence-electron chi connectivity index (χ3n) is 1.87. The number of pyridine rings is 1. The Morgan fingerprint density at radius 3 is 2.56 bits per heavy atom. The summed E-state index contributed by atoms with van der Waals surface area (Å²) in [6.45, 7) is 0. The maximum atomic E-state index is 12.6. The van der Waals surface area contributed by atoms with Gasteiger partial charge in [-0.3, -0.25) is 0 Å². The molecule has 0 spiro atoms. The molecule has 7 heteroatoms. The molecule has 0 saturated heterocycles. The molecule has 0 N–H and O–H groups in total. The van der Waals surface area contributed by atoms with Gasteiger partial charge in [-0.1, -0.05) is 0 Å². The maximum Gasteiger partial charge on any atom is 0.420 e. The largest absolute Gasteiger partial charge is 0.420 e. The van der Waals surface area contributed by atoms with E-state index in [9.17, 15) is 13.2 Å². The lowest BCUT2D eigenvalue weighted by molar-refractivity contribution is -0.137. The highest BCUT2D eigenvalue weighted by Gasteiger charge is 2.34. The summed E-state index contributed by atoms with van der Waals surface area (Å²) in [6, 6.07) is 3.75. The topological polar surface area (TPSA) is 30.7 Å². The molecule has 84 valence electrons. The number of nitrogens with zero attached hydrogens (tertiary/aromatic N) is 3. The summed E-state index contributed by atoms with van der Waals surface area (Å²) in [4.78, 5) is 3.69. The molecule has 0 aliphatic rings. The van der Waals surface area contributed by atoms with Crippen LogP contribution in [0, 0.1) is 0 Å². The molecule has 0 unspecified atom stereocenters. The average Bonchev–Trinajstić information content (AvgIpc) is 2.64. The first kappa shape index (κ1) is 11.1. The molecular formula is C9H5BrF3N3. The van der Waals surface area contributed by atoms with Crippen LogP contribution in [0.1, 0.15) is 5.56 Å². The molecule has 2 aromatic rings. The SMILES string of the molecule is FC(F)(F)c1cccnc1-n1ccc(Br)n1. The zero-order valence-corrected chi connectivity index (χ0v) is 9.33. The van der Waals surface area contributed by atoms with Gasteiger partial charge < -0.3 is 0 Å². The summed E-state index contributed by atoms with van der Waals surface area (Å²) >= 11 is 3.06. The fraction of sp³-hybridized carbons (Fsp3) is 0.111. The van der Waals surface area contributed by atoms with Gasteiger partial charge in [-0.05, 0) is 34.1 Å². The normalized spacial score (nSPS) is 11.8. The zero-order valence-electron chi connectivity index (χ0n) is 7.74. The Labute approximate surface area is 97.0 Å². The Hall–Kier alpha value is -1.37. The fourth-order valence-corrected chi connectivity index (χ4v) is 1.51. The van der Waals surface area contributed by atoms with Crippen LogP contribution in [0.2, 0.25) is 0 Å². The van der Waals surface area contributed by atoms with Crippen molar-refractivity contribution in [2.75, 3.05) is 0 Å². The predicted octanol–water partition coefficient (Wildman–Crippen LogP) is 3.05. The molecule has 0 bridgehead atoms. The smallest absolute Gasteiger partial charge is 0.237 e. The van der Waals surface area contributed by atoms with Crippen LogP contribution in [0.15, 0.2) is 35.2 Å². The van der Waals surface area contributed by atoms with E-state index in [2.05, 4.69) is 26.0 Å². The van der Waals surface area contributed by atoms with Gasteiger partial charge in [-0.25, -0.2) is 9.67 Å². The minimum absolute atomic E-state index is 0.235. The summed E-state index contributed by atoms with van der Waals surface area (Å²) in [5.74, 6) is -0.235. The van der Waals surface area contributed by atoms with E-state index in [-0.39, 0.29) is 5.82 Å². The summed E-state index contributed by atoms with van der Waals surface area (Å²) in [7, 11) is 0. The Balaban J connectivity index is 2.57. The van der Waals surface area contributed by atoms with E-state index in [0.29, 0.717) is 4.60 Å². The van der Waals surface area contributed by atoms with Gasteiger partial charge in [0, 0.05) is 12.4 Å². The van der Waals surface area contributed by atoms with Crippen LogP contribution in [0.4, 0.5) is 13.2 Å². The van der Waals surface area contributed by atoms with Crippen molar-refractivity contribution in [1.29, 1.82) is 0 Å². The molecule has 0 fully saturated rings. The first-order valence-corrected chi connectivity index (χ1v) is 5.01. The van der Waals surface area contributed by atoms with E-state index >= 15 is 0 Å². The van der Waals surface area contributed by atoms with E-state index in [1.165, 1.54) is 24.5 Å². The van der Waals surface area contributed by atoms with Crippen molar-refractivity contribution in [3.05, 3.63) is 40.8 Å². The van der Waals surface area contributed by atoms with Gasteiger partial charge in [-0.15, -0.1) is 0 Å². The molecule has 0 radical (unpaired) electrons. The summed E-state index contributed by atoms with van der Waals surface area (Å²) in [5, 5.41) is 3.83. The molecule has 0 aromatic carbocycles. The third-order valence-corrected chi connectivity index (χ3v) is 2.29. The molecule has 0 aliphatic heterocycles. The predicted molar refractivity (Wildman–Crippen MR) is 54.1 cm³/mol. The quantitative estimate of drug-likeness (QED) is 0.808. The van der Waals surface area contributed by atoms with Crippen molar-refractivity contribution in [1.82, 2.24) is 14.8 Å². The van der Waals surface area contributed by atoms with Crippen molar-refractivity contribution >= 4 is 15.9 Å². The van der Waals surface area contributed by atoms with Gasteiger partial charge >= 0.3 is 6.18 Å². The Morgan fingerprint density at radius 1 is 1.25 bits per heavy atom. The molecule has 2 heterocycles. The van der Waals surface area contributed by atoms with Crippen LogP contribution in [0.3, 0.4) is 0 Å². The summed E-state index contributed by atoms with van der Waals surface area (Å²) in [5.41, 5.74) is -0.814. The van der Waals surface area contributed by atoms with Gasteiger partial charge in [-0.2, -0.15) is 18.3 Å². The third kappa shape index (κ3) is 2.08. The van der Waals surface area contributed by atoms with Crippen molar-refractivity contribution in [3.63, 3.8) is 0 Å². The lowest BCUT2D eigenvalue weighted by atomic mass is 10.2. The minimum Gasteiger partial charge on any atom is -0.237 e. The van der Waals surface area contributed by atoms with Crippen LogP contribution >= 0.6 is 15.9 Å². The fourth-order valence-electron chi connectivity index (χ4n) is 1.22. The Bertz CT molecular complexity index is 507. The van der Waals surface area contributed by atoms with E-state index in [1.54, 1.807) is 0 Å². The molecule has 2 aromatic heterocycles. The molecular weight excluding hydrogens is 287 g/mol. The second kappa shape index (κ2) is 3.89. The van der Waals surface area contributed by atoms with Crippen LogP contribution in [-0.4, -0.2) is 14.8 Å². The number of aromatic nitrogens is 3. The van der Waals surface area contributed by atoms with Crippen molar-refractivity contribution in [3.8, 4) is 5.82 Å². The number of rotatable bonds is 1. The number of halogens is 4. The molecule has 2 rings (SSSR count).